The maximum absolute atomic E-state index is 14.5. The first-order valence-electron chi connectivity index (χ1n) is 7.61. The van der Waals surface area contributed by atoms with Crippen LogP contribution in [0.3, 0.4) is 0 Å². The number of amidine groups is 1. The summed E-state index contributed by atoms with van der Waals surface area (Å²) in [5.41, 5.74) is 0.134. The van der Waals surface area contributed by atoms with Crippen LogP contribution in [-0.4, -0.2) is 53.4 Å². The number of thioether (sulfide) groups is 1. The second kappa shape index (κ2) is 7.28. The van der Waals surface area contributed by atoms with Crippen molar-refractivity contribution < 1.29 is 27.5 Å². The zero-order chi connectivity index (χ0) is 19.1. The van der Waals surface area contributed by atoms with Gasteiger partial charge in [0.1, 0.15) is 5.82 Å². The fourth-order valence-corrected chi connectivity index (χ4v) is 7.16. The number of anilines is 1. The Bertz CT molecular complexity index is 905. The standard InChI is InChI=1S/C15H14BrFN2O5S2/c16-8-1-2-10(9(17)5-8)19-11-6-26(23,24)7-12(11)25-15(19)18-13(20)3-4-14(21)22/h1-2,5,11-12H,3-4,6-7H2,(H,21,22)/t11-,12+/m0/s1. The van der Waals surface area contributed by atoms with E-state index in [-0.39, 0.29) is 40.5 Å². The minimum Gasteiger partial charge on any atom is -0.481 e. The van der Waals surface area contributed by atoms with Crippen LogP contribution in [0, 0.1) is 5.82 Å². The van der Waals surface area contributed by atoms with Crippen molar-refractivity contribution in [2.24, 2.45) is 4.99 Å². The van der Waals surface area contributed by atoms with Gasteiger partial charge in [0.15, 0.2) is 15.0 Å². The zero-order valence-corrected chi connectivity index (χ0v) is 16.5. The van der Waals surface area contributed by atoms with Gasteiger partial charge in [0, 0.05) is 16.1 Å². The average molecular weight is 465 g/mol. The van der Waals surface area contributed by atoms with Crippen LogP contribution in [0.5, 0.6) is 0 Å². The first-order valence-corrected chi connectivity index (χ1v) is 11.1. The molecule has 11 heteroatoms. The highest BCUT2D eigenvalue weighted by atomic mass is 79.9. The molecule has 2 heterocycles. The Kier molecular flexibility index (Phi) is 5.40. The molecule has 2 atom stereocenters. The largest absolute Gasteiger partial charge is 0.481 e. The van der Waals surface area contributed by atoms with Crippen molar-refractivity contribution in [1.82, 2.24) is 0 Å². The summed E-state index contributed by atoms with van der Waals surface area (Å²) in [6.45, 7) is 0. The molecule has 2 aliphatic heterocycles. The molecule has 0 saturated carbocycles. The summed E-state index contributed by atoms with van der Waals surface area (Å²) in [4.78, 5) is 27.9. The lowest BCUT2D eigenvalue weighted by molar-refractivity contribution is -0.138. The van der Waals surface area contributed by atoms with E-state index < -0.39 is 33.6 Å². The number of fused-ring (bicyclic) bond motifs is 1. The number of halogens is 2. The summed E-state index contributed by atoms with van der Waals surface area (Å²) in [7, 11) is -3.25. The summed E-state index contributed by atoms with van der Waals surface area (Å²) in [5.74, 6) is -2.55. The predicted octanol–water partition coefficient (Wildman–Crippen LogP) is 2.05. The van der Waals surface area contributed by atoms with Crippen molar-refractivity contribution in [2.75, 3.05) is 16.4 Å². The molecule has 1 amide bonds. The lowest BCUT2D eigenvalue weighted by Crippen LogP contribution is -2.38. The SMILES string of the molecule is O=C(O)CCC(=O)N=C1S[C@@H]2CS(=O)(=O)C[C@@H]2N1c1ccc(Br)cc1F. The van der Waals surface area contributed by atoms with Gasteiger partial charge in [-0.25, -0.2) is 12.8 Å². The van der Waals surface area contributed by atoms with Gasteiger partial charge < -0.3 is 10.0 Å². The van der Waals surface area contributed by atoms with E-state index in [1.165, 1.54) is 17.0 Å². The Morgan fingerprint density at radius 2 is 2.08 bits per heavy atom. The number of aliphatic carboxylic acids is 1. The number of aliphatic imine (C=N–C) groups is 1. The molecule has 1 aromatic carbocycles. The van der Waals surface area contributed by atoms with Gasteiger partial charge in [0.25, 0.3) is 0 Å². The van der Waals surface area contributed by atoms with Crippen molar-refractivity contribution >= 4 is 60.3 Å². The molecular weight excluding hydrogens is 451 g/mol. The maximum Gasteiger partial charge on any atom is 0.303 e. The highest BCUT2D eigenvalue weighted by Gasteiger charge is 2.49. The lowest BCUT2D eigenvalue weighted by atomic mass is 10.2. The number of carboxylic acids is 1. The number of carbonyl (C=O) groups is 2. The van der Waals surface area contributed by atoms with E-state index in [9.17, 15) is 22.4 Å². The van der Waals surface area contributed by atoms with E-state index >= 15 is 0 Å². The molecule has 1 aromatic rings. The molecular formula is C15H14BrFN2O5S2. The Hall–Kier alpha value is -1.46. The molecule has 0 spiro atoms. The molecule has 2 saturated heterocycles. The molecule has 26 heavy (non-hydrogen) atoms. The van der Waals surface area contributed by atoms with Crippen LogP contribution in [0.25, 0.3) is 0 Å². The monoisotopic (exact) mass is 464 g/mol. The molecule has 2 fully saturated rings. The van der Waals surface area contributed by atoms with Crippen molar-refractivity contribution in [3.63, 3.8) is 0 Å². The lowest BCUT2D eigenvalue weighted by Gasteiger charge is -2.25. The number of benzene rings is 1. The number of amides is 1. The van der Waals surface area contributed by atoms with Gasteiger partial charge in [-0.3, -0.25) is 9.59 Å². The van der Waals surface area contributed by atoms with E-state index in [4.69, 9.17) is 5.11 Å². The number of sulfone groups is 1. The number of nitrogens with zero attached hydrogens (tertiary/aromatic N) is 2. The van der Waals surface area contributed by atoms with E-state index in [2.05, 4.69) is 20.9 Å². The van der Waals surface area contributed by atoms with Gasteiger partial charge in [-0.05, 0) is 18.2 Å². The molecule has 7 nitrogen and oxygen atoms in total. The number of carbonyl (C=O) groups excluding carboxylic acids is 1. The van der Waals surface area contributed by atoms with E-state index in [0.717, 1.165) is 11.8 Å². The fraction of sp³-hybridized carbons (Fsp3) is 0.400. The Morgan fingerprint density at radius 3 is 2.73 bits per heavy atom. The van der Waals surface area contributed by atoms with Gasteiger partial charge in [-0.1, -0.05) is 27.7 Å². The predicted molar refractivity (Wildman–Crippen MR) is 99.7 cm³/mol. The highest BCUT2D eigenvalue weighted by molar-refractivity contribution is 9.10. The molecule has 140 valence electrons. The smallest absolute Gasteiger partial charge is 0.303 e. The third-order valence-electron chi connectivity index (χ3n) is 4.01. The number of carboxylic acid groups (broad SMARTS) is 1. The molecule has 0 aromatic heterocycles. The van der Waals surface area contributed by atoms with Crippen molar-refractivity contribution in [3.8, 4) is 0 Å². The number of hydrogen-bond donors (Lipinski definition) is 1. The van der Waals surface area contributed by atoms with E-state index in [0.29, 0.717) is 4.47 Å². The van der Waals surface area contributed by atoms with E-state index in [1.54, 1.807) is 6.07 Å². The summed E-state index contributed by atoms with van der Waals surface area (Å²) >= 11 is 4.28. The normalized spacial score (nSPS) is 25.5. The van der Waals surface area contributed by atoms with Gasteiger partial charge in [0.2, 0.25) is 5.91 Å². The summed E-state index contributed by atoms with van der Waals surface area (Å²) in [6.07, 6.45) is -0.627. The first-order chi connectivity index (χ1) is 12.2. The van der Waals surface area contributed by atoms with Crippen molar-refractivity contribution in [1.29, 1.82) is 0 Å². The second-order valence-corrected chi connectivity index (χ2v) is 10.2. The molecule has 0 bridgehead atoms. The molecule has 0 aliphatic carbocycles. The highest BCUT2D eigenvalue weighted by Crippen LogP contribution is 2.42. The van der Waals surface area contributed by atoms with Crippen LogP contribution >= 0.6 is 27.7 Å². The number of hydrogen-bond acceptors (Lipinski definition) is 5. The molecule has 0 radical (unpaired) electrons. The van der Waals surface area contributed by atoms with Crippen molar-refractivity contribution in [2.45, 2.75) is 24.1 Å². The van der Waals surface area contributed by atoms with Crippen LogP contribution < -0.4 is 4.90 Å². The Balaban J connectivity index is 1.96. The van der Waals surface area contributed by atoms with Crippen LogP contribution in [-0.2, 0) is 19.4 Å². The molecule has 0 unspecified atom stereocenters. The molecule has 3 rings (SSSR count). The van der Waals surface area contributed by atoms with Crippen molar-refractivity contribution in [3.05, 3.63) is 28.5 Å². The molecule has 1 N–H and O–H groups in total. The van der Waals surface area contributed by atoms with Gasteiger partial charge in [-0.2, -0.15) is 4.99 Å². The van der Waals surface area contributed by atoms with Gasteiger partial charge in [-0.15, -0.1) is 0 Å². The maximum atomic E-state index is 14.5. The van der Waals surface area contributed by atoms with Gasteiger partial charge >= 0.3 is 5.97 Å². The third kappa shape index (κ3) is 4.09. The summed E-state index contributed by atoms with van der Waals surface area (Å²) < 4.78 is 38.9. The molecule has 2 aliphatic rings. The van der Waals surface area contributed by atoms with Crippen LogP contribution in [0.15, 0.2) is 27.7 Å². The van der Waals surface area contributed by atoms with Gasteiger partial charge in [0.05, 0.1) is 29.7 Å². The average Bonchev–Trinajstić information content (AvgIpc) is 2.97. The second-order valence-electron chi connectivity index (χ2n) is 5.95. The zero-order valence-electron chi connectivity index (χ0n) is 13.3. The third-order valence-corrected chi connectivity index (χ3v) is 7.71. The summed E-state index contributed by atoms with van der Waals surface area (Å²) in [6, 6.07) is 3.83. The first kappa shape index (κ1) is 19.3. The van der Waals surface area contributed by atoms with Crippen LogP contribution in [0.2, 0.25) is 0 Å². The minimum atomic E-state index is -3.25. The fourth-order valence-electron chi connectivity index (χ4n) is 2.90. The number of rotatable bonds is 4. The Morgan fingerprint density at radius 1 is 1.35 bits per heavy atom. The topological polar surface area (TPSA) is 104 Å². The van der Waals surface area contributed by atoms with Crippen LogP contribution in [0.4, 0.5) is 10.1 Å². The Labute approximate surface area is 161 Å². The minimum absolute atomic E-state index is 0.0701. The van der Waals surface area contributed by atoms with Crippen LogP contribution in [0.1, 0.15) is 12.8 Å². The van der Waals surface area contributed by atoms with E-state index in [1.807, 2.05) is 0 Å². The quantitative estimate of drug-likeness (QED) is 0.726. The summed E-state index contributed by atoms with van der Waals surface area (Å²) in [5, 5.41) is 8.52.